The van der Waals surface area contributed by atoms with Gasteiger partial charge in [-0.15, -0.1) is 0 Å². The molecule has 1 unspecified atom stereocenters. The first-order valence-electron chi connectivity index (χ1n) is 2.01. The van der Waals surface area contributed by atoms with Gasteiger partial charge >= 0.3 is 103 Å². The van der Waals surface area contributed by atoms with Gasteiger partial charge in [-0.3, -0.25) is 14.6 Å². The molecule has 0 radical (unpaired) electrons. The molecule has 0 aliphatic rings. The minimum absolute atomic E-state index is 0. The summed E-state index contributed by atoms with van der Waals surface area (Å²) >= 11 is -2.35. The Bertz CT molecular complexity index is 158. The van der Waals surface area contributed by atoms with E-state index in [1.807, 2.05) is 4.72 Å². The fourth-order valence-electron chi connectivity index (χ4n) is 0.170. The number of nitrogens with one attached hydrogen (secondary N) is 1. The van der Waals surface area contributed by atoms with E-state index in [1.54, 1.807) is 0 Å². The Morgan fingerprint density at radius 1 is 1.55 bits per heavy atom. The molecular formula is C2H7K2NO4S2. The number of hydrogen-bond donors (Lipinski definition) is 2. The van der Waals surface area contributed by atoms with Crippen LogP contribution in [0.25, 0.3) is 0 Å². The van der Waals surface area contributed by atoms with Crippen molar-refractivity contribution in [2.75, 3.05) is 12.1 Å². The van der Waals surface area contributed by atoms with E-state index in [9.17, 15) is 17.5 Å². The van der Waals surface area contributed by atoms with Crippen LogP contribution < -0.4 is 107 Å². The van der Waals surface area contributed by atoms with E-state index in [-0.39, 0.29) is 103 Å². The Kier molecular flexibility index (Phi) is 18.1. The van der Waals surface area contributed by atoms with Crippen LogP contribution in [-0.4, -0.2) is 29.7 Å². The number of hydrogen-bond acceptors (Lipinski definition) is 4. The van der Waals surface area contributed by atoms with Crippen LogP contribution in [0.2, 0.25) is 0 Å². The molecule has 0 heterocycles. The van der Waals surface area contributed by atoms with Crippen LogP contribution in [0.5, 0.6) is 0 Å². The predicted molar refractivity (Wildman–Crippen MR) is 33.2 cm³/mol. The van der Waals surface area contributed by atoms with Gasteiger partial charge in [0.25, 0.3) is 0 Å². The zero-order chi connectivity index (χ0) is 7.49. The summed E-state index contributed by atoms with van der Waals surface area (Å²) in [5.74, 6) is -0.544. The zero-order valence-electron chi connectivity index (χ0n) is 6.70. The van der Waals surface area contributed by atoms with Gasteiger partial charge in [0.2, 0.25) is 0 Å². The molecule has 0 saturated heterocycles. The molecule has 1 atom stereocenters. The van der Waals surface area contributed by atoms with Crippen molar-refractivity contribution in [3.05, 3.63) is 0 Å². The normalized spacial score (nSPS) is 14.1. The molecule has 5 nitrogen and oxygen atoms in total. The van der Waals surface area contributed by atoms with Crippen molar-refractivity contribution in [3.63, 3.8) is 0 Å². The molecule has 0 saturated carbocycles. The summed E-state index contributed by atoms with van der Waals surface area (Å²) in [5.41, 5.74) is 0. The van der Waals surface area contributed by atoms with Gasteiger partial charge in [-0.1, -0.05) is 0 Å². The average molecular weight is 251 g/mol. The Hall–Kier alpha value is 3.45. The first-order chi connectivity index (χ1) is 3.92. The van der Waals surface area contributed by atoms with Crippen molar-refractivity contribution in [3.8, 4) is 0 Å². The second-order valence-electron chi connectivity index (χ2n) is 1.45. The zero-order valence-corrected chi connectivity index (χ0v) is 14.7. The van der Waals surface area contributed by atoms with Gasteiger partial charge in [-0.2, -0.15) is 0 Å². The fourth-order valence-corrected chi connectivity index (χ4v) is 1.53. The third kappa shape index (κ3) is 19.7. The summed E-state index contributed by atoms with van der Waals surface area (Å²) in [4.78, 5) is 0. The standard InChI is InChI=1S/C2H9NO4S2.2K/c1-9(6,7)3-2-8(4)5;;/h9H,2H2,1H3,(H,4,5)(H2,3,6,7);;/q;2*+1/p-2. The van der Waals surface area contributed by atoms with Crippen LogP contribution in [0, 0.1) is 0 Å². The molecule has 58 valence electrons. The monoisotopic (exact) mass is 251 g/mol. The molecule has 0 rings (SSSR count). The van der Waals surface area contributed by atoms with E-state index in [1.165, 1.54) is 0 Å². The molecule has 0 aliphatic heterocycles. The van der Waals surface area contributed by atoms with Gasteiger partial charge in [0.05, 0.1) is 5.88 Å². The molecule has 0 fully saturated rings. The number of thiol groups is 1. The maximum absolute atomic E-state index is 10.2. The van der Waals surface area contributed by atoms with Gasteiger partial charge in [-0.05, 0) is 17.3 Å². The number of rotatable bonds is 3. The van der Waals surface area contributed by atoms with Crippen molar-refractivity contribution in [2.24, 2.45) is 0 Å². The van der Waals surface area contributed by atoms with Crippen molar-refractivity contribution in [2.45, 2.75) is 0 Å². The van der Waals surface area contributed by atoms with E-state index in [2.05, 4.69) is 0 Å². The van der Waals surface area contributed by atoms with E-state index in [4.69, 9.17) is 0 Å². The largest absolute Gasteiger partial charge is 1.00 e. The molecule has 0 aromatic rings. The second kappa shape index (κ2) is 9.99. The van der Waals surface area contributed by atoms with Crippen LogP contribution in [0.1, 0.15) is 0 Å². The molecule has 0 aliphatic carbocycles. The summed E-state index contributed by atoms with van der Waals surface area (Å²) in [6.07, 6.45) is 0.917. The predicted octanol–water partition coefficient (Wildman–Crippen LogP) is -7.89. The maximum Gasteiger partial charge on any atom is 1.00 e. The van der Waals surface area contributed by atoms with Crippen molar-refractivity contribution >= 4 is 21.5 Å². The topological polar surface area (TPSA) is 92.3 Å². The maximum atomic E-state index is 10.2. The van der Waals surface area contributed by atoms with Gasteiger partial charge < -0.3 is 9.11 Å². The van der Waals surface area contributed by atoms with Crippen molar-refractivity contribution < 1.29 is 120 Å². The molecule has 0 spiro atoms. The molecule has 0 amide bonds. The molecule has 1 N–H and O–H groups in total. The molecule has 0 bridgehead atoms. The molecule has 0 aromatic heterocycles. The van der Waals surface area contributed by atoms with Crippen LogP contribution in [0.4, 0.5) is 0 Å². The molecule has 0 aromatic carbocycles. The Balaban J connectivity index is -0.000000320. The van der Waals surface area contributed by atoms with E-state index in [0.717, 1.165) is 6.26 Å². The van der Waals surface area contributed by atoms with Crippen LogP contribution in [0.15, 0.2) is 0 Å². The molecule has 9 heteroatoms. The molecule has 11 heavy (non-hydrogen) atoms. The Morgan fingerprint density at radius 2 is 1.91 bits per heavy atom. The van der Waals surface area contributed by atoms with Crippen LogP contribution in [0.3, 0.4) is 0 Å². The average Bonchev–Trinajstić information content (AvgIpc) is 1.59. The minimum Gasteiger partial charge on any atom is -0.771 e. The quantitative estimate of drug-likeness (QED) is 0.296. The van der Waals surface area contributed by atoms with Gasteiger partial charge in [0, 0.05) is 0 Å². The fraction of sp³-hybridized carbons (Fsp3) is 1.00. The minimum atomic E-state index is -3.61. The van der Waals surface area contributed by atoms with Gasteiger partial charge in [0.1, 0.15) is 0 Å². The summed E-state index contributed by atoms with van der Waals surface area (Å²) in [5, 5.41) is 0. The van der Waals surface area contributed by atoms with E-state index in [0.29, 0.717) is 0 Å². The third-order valence-electron chi connectivity index (χ3n) is 0.470. The first-order valence-corrected chi connectivity index (χ1v) is 5.33. The van der Waals surface area contributed by atoms with Crippen molar-refractivity contribution in [1.29, 1.82) is 0 Å². The summed E-state index contributed by atoms with van der Waals surface area (Å²) in [7, 11) is -3.61. The summed E-state index contributed by atoms with van der Waals surface area (Å²) < 4.78 is 41.6. The third-order valence-corrected chi connectivity index (χ3v) is 1.80. The van der Waals surface area contributed by atoms with Crippen LogP contribution >= 0.6 is 0 Å². The van der Waals surface area contributed by atoms with Crippen molar-refractivity contribution in [1.82, 2.24) is 4.72 Å². The Labute approximate surface area is 154 Å². The summed E-state index contributed by atoms with van der Waals surface area (Å²) in [6, 6.07) is 0. The van der Waals surface area contributed by atoms with Crippen LogP contribution in [-0.2, 0) is 21.5 Å². The first kappa shape index (κ1) is 19.9. The smallest absolute Gasteiger partial charge is 0.771 e. The molecular weight excluding hydrogens is 244 g/mol. The van der Waals surface area contributed by atoms with E-state index < -0.39 is 27.4 Å². The SMILES string of the molecule is C[SH](=O)([O-])NCS(=O)[O-].[K+].[K+]. The van der Waals surface area contributed by atoms with Gasteiger partial charge in [0.15, 0.2) is 0 Å². The second-order valence-corrected chi connectivity index (χ2v) is 4.36. The van der Waals surface area contributed by atoms with Gasteiger partial charge in [-0.25, -0.2) is 8.93 Å². The van der Waals surface area contributed by atoms with E-state index >= 15 is 0 Å². The summed E-state index contributed by atoms with van der Waals surface area (Å²) in [6.45, 7) is 0. The number of sulfonamides is 1. The Morgan fingerprint density at radius 3 is 2.00 bits per heavy atom.